The Morgan fingerprint density at radius 3 is 1.73 bits per heavy atom. The van der Waals surface area contributed by atoms with Gasteiger partial charge in [-0.1, -0.05) is 96.4 Å². The monoisotopic (exact) mass is 798 g/mol. The van der Waals surface area contributed by atoms with Gasteiger partial charge in [-0.2, -0.15) is 53.6 Å². The molecule has 0 amide bonds. The first-order valence-electron chi connectivity index (χ1n) is 16.7. The fraction of sp³-hybridized carbons (Fsp3) is 0.283. The van der Waals surface area contributed by atoms with Crippen LogP contribution in [-0.2, 0) is 41.5 Å². The molecule has 4 aliphatic rings. The first-order valence-corrected chi connectivity index (χ1v) is 18.4. The van der Waals surface area contributed by atoms with Crippen LogP contribution < -0.4 is 0 Å². The van der Waals surface area contributed by atoms with Crippen LogP contribution >= 0.6 is 24.8 Å². The van der Waals surface area contributed by atoms with E-state index in [1.807, 2.05) is 0 Å². The van der Waals surface area contributed by atoms with Gasteiger partial charge in [-0.15, -0.1) is 60.7 Å². The predicted octanol–water partition coefficient (Wildman–Crippen LogP) is 12.7. The Labute approximate surface area is 333 Å². The Balaban J connectivity index is 0.000000268. The molecule has 0 heterocycles. The van der Waals surface area contributed by atoms with Crippen molar-refractivity contribution in [3.8, 4) is 11.1 Å². The van der Waals surface area contributed by atoms with Crippen LogP contribution in [0.25, 0.3) is 23.3 Å². The molecule has 4 aromatic rings. The van der Waals surface area contributed by atoms with Crippen molar-refractivity contribution in [3.05, 3.63) is 166 Å². The molecule has 4 aliphatic carbocycles. The zero-order valence-corrected chi connectivity index (χ0v) is 35.0. The summed E-state index contributed by atoms with van der Waals surface area (Å²) in [7, 11) is 0. The third-order valence-electron chi connectivity index (χ3n) is 8.99. The summed E-state index contributed by atoms with van der Waals surface area (Å²) in [5.74, 6) is 0.0548. The maximum atomic E-state index is 11.9. The van der Waals surface area contributed by atoms with E-state index in [-0.39, 0.29) is 47.3 Å². The van der Waals surface area contributed by atoms with Crippen molar-refractivity contribution in [2.24, 2.45) is 11.3 Å². The van der Waals surface area contributed by atoms with E-state index >= 15 is 0 Å². The fourth-order valence-corrected chi connectivity index (χ4v) is 6.20. The van der Waals surface area contributed by atoms with Crippen LogP contribution in [0.5, 0.6) is 0 Å². The molecule has 0 saturated carbocycles. The summed E-state index contributed by atoms with van der Waals surface area (Å²) in [6.45, 7) is 18.0. The van der Waals surface area contributed by atoms with Gasteiger partial charge in [-0.3, -0.25) is 20.9 Å². The van der Waals surface area contributed by atoms with E-state index < -0.39 is 0 Å². The van der Waals surface area contributed by atoms with Crippen LogP contribution in [0.3, 0.4) is 0 Å². The predicted molar refractivity (Wildman–Crippen MR) is 214 cm³/mol. The average molecular weight is 801 g/mol. The first-order chi connectivity index (χ1) is 23.1. The SMILES string of the molecule is CC1(C)[C-]=Cc2cc3c(cc21)Cc1cc2c(cc1-3)C=CC2(C)C.CC1[C-]=CC(C(C)(C)C)=C1.Cl.Cl.Fc1c[c-]ccc1.Fc1c[c-]ccc1.[CH2]=[Zr]. The Kier molecular flexibility index (Phi) is 16.2. The molecular formula is C46H48Cl2F2Zr-4. The van der Waals surface area contributed by atoms with Gasteiger partial charge in [0.1, 0.15) is 0 Å². The molecule has 0 saturated heterocycles. The number of fused-ring (bicyclic) bond motifs is 5. The third kappa shape index (κ3) is 11.3. The zero-order valence-electron chi connectivity index (χ0n) is 30.9. The number of hydrogen-bond donors (Lipinski definition) is 0. The second kappa shape index (κ2) is 18.7. The molecule has 0 aliphatic heterocycles. The fourth-order valence-electron chi connectivity index (χ4n) is 6.20. The molecule has 0 spiro atoms. The Hall–Kier alpha value is -2.97. The summed E-state index contributed by atoms with van der Waals surface area (Å²) in [4.78, 5) is 0. The third-order valence-corrected chi connectivity index (χ3v) is 8.99. The second-order valence-corrected chi connectivity index (χ2v) is 14.8. The van der Waals surface area contributed by atoms with Crippen molar-refractivity contribution in [1.82, 2.24) is 0 Å². The van der Waals surface area contributed by atoms with Crippen molar-refractivity contribution in [3.63, 3.8) is 0 Å². The van der Waals surface area contributed by atoms with Gasteiger partial charge in [-0.25, -0.2) is 12.2 Å². The molecule has 1 unspecified atom stereocenters. The standard InChI is InChI=1S/C23H21.C10H15.2C6H4F.CH2.2ClH.Zr/c1-22(2)7-5-14-10-18-16(12-20(14)22)9-17-13-21-15(11-19(17)18)6-8-23(21,3)4;1-8-5-6-9(7-8)10(2,3)4;2*7-6-4-2-1-3-5-6;;;;/h5-7,10-13H,9H2,1-4H3;6-8H,1-4H3;2*1-2,4-5H;1H2;2*1H;/q4*-1;;;;. The van der Waals surface area contributed by atoms with E-state index in [2.05, 4.69) is 139 Å². The van der Waals surface area contributed by atoms with Gasteiger partial charge in [0.25, 0.3) is 0 Å². The van der Waals surface area contributed by atoms with Crippen molar-refractivity contribution in [1.29, 1.82) is 0 Å². The van der Waals surface area contributed by atoms with Crippen molar-refractivity contribution in [2.45, 2.75) is 72.6 Å². The summed E-state index contributed by atoms with van der Waals surface area (Å²) >= 11 is 1.30. The summed E-state index contributed by atoms with van der Waals surface area (Å²) in [6.07, 6.45) is 19.0. The molecular weight excluding hydrogens is 753 g/mol. The molecule has 1 atom stereocenters. The van der Waals surface area contributed by atoms with Crippen molar-refractivity contribution in [2.75, 3.05) is 0 Å². The Bertz CT molecular complexity index is 1760. The summed E-state index contributed by atoms with van der Waals surface area (Å²) in [5, 5.41) is 0. The van der Waals surface area contributed by atoms with Crippen LogP contribution in [0.15, 0.2) is 96.6 Å². The molecule has 8 rings (SSSR count). The molecule has 0 aromatic heterocycles. The van der Waals surface area contributed by atoms with Gasteiger partial charge in [-0.05, 0) is 45.9 Å². The van der Waals surface area contributed by atoms with Crippen LogP contribution in [0.2, 0.25) is 0 Å². The quantitative estimate of drug-likeness (QED) is 0.137. The van der Waals surface area contributed by atoms with Gasteiger partial charge in [0.15, 0.2) is 0 Å². The minimum atomic E-state index is -0.234. The maximum absolute atomic E-state index is 11.9. The Morgan fingerprint density at radius 1 is 0.784 bits per heavy atom. The van der Waals surface area contributed by atoms with Gasteiger partial charge in [0, 0.05) is 17.0 Å². The van der Waals surface area contributed by atoms with E-state index in [1.165, 1.54) is 98.6 Å². The van der Waals surface area contributed by atoms with Crippen molar-refractivity contribution >= 4 is 41.2 Å². The van der Waals surface area contributed by atoms with Crippen LogP contribution in [0, 0.1) is 47.3 Å². The molecule has 5 heteroatoms. The van der Waals surface area contributed by atoms with Gasteiger partial charge in [0.2, 0.25) is 0 Å². The van der Waals surface area contributed by atoms with Gasteiger partial charge < -0.3 is 0 Å². The molecule has 51 heavy (non-hydrogen) atoms. The average Bonchev–Trinajstić information content (AvgIpc) is 3.81. The summed E-state index contributed by atoms with van der Waals surface area (Å²) < 4.78 is 27.1. The molecule has 0 radical (unpaired) electrons. The molecule has 268 valence electrons. The second-order valence-electron chi connectivity index (χ2n) is 14.8. The number of benzene rings is 4. The topological polar surface area (TPSA) is 0 Å². The first kappa shape index (κ1) is 44.2. The zero-order chi connectivity index (χ0) is 36.0. The summed E-state index contributed by atoms with van der Waals surface area (Å²) in [5.41, 5.74) is 13.4. The summed E-state index contributed by atoms with van der Waals surface area (Å²) in [6, 6.07) is 26.7. The molecule has 4 aromatic carbocycles. The van der Waals surface area contributed by atoms with E-state index in [1.54, 1.807) is 24.3 Å². The van der Waals surface area contributed by atoms with Crippen molar-refractivity contribution < 1.29 is 33.0 Å². The minimum absolute atomic E-state index is 0. The molecule has 0 bridgehead atoms. The van der Waals surface area contributed by atoms with E-state index in [4.69, 9.17) is 0 Å². The molecule has 0 nitrogen and oxygen atoms in total. The van der Waals surface area contributed by atoms with E-state index in [0.29, 0.717) is 11.3 Å². The van der Waals surface area contributed by atoms with Crippen LogP contribution in [0.4, 0.5) is 8.78 Å². The van der Waals surface area contributed by atoms with E-state index in [9.17, 15) is 8.78 Å². The molecule has 0 fully saturated rings. The number of hydrogen-bond acceptors (Lipinski definition) is 0. The molecule has 0 N–H and O–H groups in total. The normalized spacial score (nSPS) is 16.6. The number of allylic oxidation sites excluding steroid dienone is 6. The van der Waals surface area contributed by atoms with Crippen LogP contribution in [0.1, 0.15) is 88.8 Å². The number of rotatable bonds is 0. The number of halogens is 4. The van der Waals surface area contributed by atoms with Gasteiger partial charge in [0.05, 0.1) is 0 Å². The van der Waals surface area contributed by atoms with E-state index in [0.717, 1.165) is 6.42 Å². The van der Waals surface area contributed by atoms with Crippen LogP contribution in [-0.4, -0.2) is 4.21 Å². The Morgan fingerprint density at radius 2 is 1.31 bits per heavy atom. The van der Waals surface area contributed by atoms with Gasteiger partial charge >= 0.3 is 28.4 Å².